The SMILES string of the molecule is CCn1c(=O)n(CC(=O)Nc2cc(Cl)ccc2OC)c(=O)c2ccccc21. The molecule has 27 heavy (non-hydrogen) atoms. The van der Waals surface area contributed by atoms with Gasteiger partial charge in [-0.1, -0.05) is 23.7 Å². The smallest absolute Gasteiger partial charge is 0.331 e. The molecule has 0 fully saturated rings. The summed E-state index contributed by atoms with van der Waals surface area (Å²) in [7, 11) is 1.46. The van der Waals surface area contributed by atoms with Crippen molar-refractivity contribution >= 4 is 34.1 Å². The van der Waals surface area contributed by atoms with Crippen LogP contribution in [-0.4, -0.2) is 22.2 Å². The molecule has 0 aliphatic rings. The second kappa shape index (κ2) is 7.67. The number of ether oxygens (including phenoxy) is 1. The maximum Gasteiger partial charge on any atom is 0.331 e. The van der Waals surface area contributed by atoms with Gasteiger partial charge < -0.3 is 10.1 Å². The van der Waals surface area contributed by atoms with Crippen molar-refractivity contribution in [3.05, 3.63) is 68.3 Å². The summed E-state index contributed by atoms with van der Waals surface area (Å²) >= 11 is 5.96. The van der Waals surface area contributed by atoms with Gasteiger partial charge in [-0.05, 0) is 37.3 Å². The second-order valence-electron chi connectivity index (χ2n) is 5.83. The van der Waals surface area contributed by atoms with E-state index in [1.807, 2.05) is 0 Å². The minimum Gasteiger partial charge on any atom is -0.495 e. The second-order valence-corrected chi connectivity index (χ2v) is 6.26. The Kier molecular flexibility index (Phi) is 5.32. The minimum absolute atomic E-state index is 0.361. The Morgan fingerprint density at radius 1 is 1.15 bits per heavy atom. The first-order chi connectivity index (χ1) is 13.0. The fraction of sp³-hybridized carbons (Fsp3) is 0.211. The molecule has 0 spiro atoms. The highest BCUT2D eigenvalue weighted by Gasteiger charge is 2.15. The highest BCUT2D eigenvalue weighted by molar-refractivity contribution is 6.31. The Bertz CT molecular complexity index is 1130. The lowest BCUT2D eigenvalue weighted by atomic mass is 10.2. The van der Waals surface area contributed by atoms with Gasteiger partial charge in [0.25, 0.3) is 5.56 Å². The predicted molar refractivity (Wildman–Crippen MR) is 105 cm³/mol. The van der Waals surface area contributed by atoms with Gasteiger partial charge >= 0.3 is 5.69 Å². The molecular weight excluding hydrogens is 370 g/mol. The van der Waals surface area contributed by atoms with Gasteiger partial charge in [-0.2, -0.15) is 0 Å². The highest BCUT2D eigenvalue weighted by Crippen LogP contribution is 2.27. The van der Waals surface area contributed by atoms with Gasteiger partial charge in [-0.15, -0.1) is 0 Å². The van der Waals surface area contributed by atoms with Crippen LogP contribution in [0.15, 0.2) is 52.1 Å². The van der Waals surface area contributed by atoms with Gasteiger partial charge in [0.15, 0.2) is 0 Å². The number of para-hydroxylation sites is 1. The van der Waals surface area contributed by atoms with Gasteiger partial charge in [0.05, 0.1) is 23.7 Å². The molecule has 0 aliphatic heterocycles. The molecular formula is C19H18ClN3O4. The lowest BCUT2D eigenvalue weighted by molar-refractivity contribution is -0.116. The van der Waals surface area contributed by atoms with Crippen LogP contribution in [0.1, 0.15) is 6.92 Å². The molecule has 0 radical (unpaired) electrons. The van der Waals surface area contributed by atoms with Gasteiger partial charge in [0, 0.05) is 11.6 Å². The number of rotatable bonds is 5. The fourth-order valence-corrected chi connectivity index (χ4v) is 3.10. The molecule has 2 aromatic carbocycles. The van der Waals surface area contributed by atoms with Crippen LogP contribution in [-0.2, 0) is 17.9 Å². The molecule has 3 rings (SSSR count). The van der Waals surface area contributed by atoms with E-state index < -0.39 is 23.7 Å². The van der Waals surface area contributed by atoms with E-state index in [0.29, 0.717) is 33.9 Å². The molecule has 1 amide bonds. The number of aromatic nitrogens is 2. The van der Waals surface area contributed by atoms with Crippen molar-refractivity contribution in [3.63, 3.8) is 0 Å². The fourth-order valence-electron chi connectivity index (χ4n) is 2.93. The number of nitrogens with zero attached hydrogens (tertiary/aromatic N) is 2. The lowest BCUT2D eigenvalue weighted by Gasteiger charge is -2.14. The topological polar surface area (TPSA) is 82.3 Å². The van der Waals surface area contributed by atoms with E-state index in [-0.39, 0.29) is 0 Å². The molecule has 7 nitrogen and oxygen atoms in total. The summed E-state index contributed by atoms with van der Waals surface area (Å²) in [5.41, 5.74) is -0.134. The summed E-state index contributed by atoms with van der Waals surface area (Å²) in [6.07, 6.45) is 0. The van der Waals surface area contributed by atoms with Crippen LogP contribution in [0.2, 0.25) is 5.02 Å². The van der Waals surface area contributed by atoms with Gasteiger partial charge in [-0.3, -0.25) is 18.7 Å². The third-order valence-corrected chi connectivity index (χ3v) is 4.42. The quantitative estimate of drug-likeness (QED) is 0.729. The molecule has 0 saturated carbocycles. The molecule has 140 valence electrons. The zero-order valence-electron chi connectivity index (χ0n) is 14.9. The normalized spacial score (nSPS) is 10.8. The molecule has 1 N–H and O–H groups in total. The average molecular weight is 388 g/mol. The van der Waals surface area contributed by atoms with Crippen LogP contribution >= 0.6 is 11.6 Å². The van der Waals surface area contributed by atoms with Crippen LogP contribution in [0.5, 0.6) is 5.75 Å². The van der Waals surface area contributed by atoms with Gasteiger partial charge in [-0.25, -0.2) is 4.79 Å². The first-order valence-electron chi connectivity index (χ1n) is 8.32. The molecule has 0 bridgehead atoms. The summed E-state index contributed by atoms with van der Waals surface area (Å²) in [6, 6.07) is 11.6. The van der Waals surface area contributed by atoms with Crippen molar-refractivity contribution < 1.29 is 9.53 Å². The number of amides is 1. The Balaban J connectivity index is 2.00. The van der Waals surface area contributed by atoms with Crippen molar-refractivity contribution in [2.45, 2.75) is 20.0 Å². The van der Waals surface area contributed by atoms with Crippen LogP contribution in [0.3, 0.4) is 0 Å². The maximum atomic E-state index is 12.7. The number of fused-ring (bicyclic) bond motifs is 1. The number of carbonyl (C=O) groups is 1. The van der Waals surface area contributed by atoms with Crippen LogP contribution < -0.4 is 21.3 Å². The van der Waals surface area contributed by atoms with E-state index in [1.165, 1.54) is 17.7 Å². The molecule has 0 aliphatic carbocycles. The third kappa shape index (κ3) is 3.59. The summed E-state index contributed by atoms with van der Waals surface area (Å²) in [4.78, 5) is 37.9. The molecule has 1 heterocycles. The number of aryl methyl sites for hydroxylation is 1. The summed E-state index contributed by atoms with van der Waals surface area (Å²) < 4.78 is 7.58. The van der Waals surface area contributed by atoms with E-state index in [0.717, 1.165) is 4.57 Å². The average Bonchev–Trinajstić information content (AvgIpc) is 2.66. The van der Waals surface area contributed by atoms with Crippen LogP contribution in [0.4, 0.5) is 5.69 Å². The maximum absolute atomic E-state index is 12.7. The summed E-state index contributed by atoms with van der Waals surface area (Å²) in [6.45, 7) is 1.76. The van der Waals surface area contributed by atoms with Crippen molar-refractivity contribution in [1.82, 2.24) is 9.13 Å². The van der Waals surface area contributed by atoms with Crippen molar-refractivity contribution in [2.75, 3.05) is 12.4 Å². The zero-order chi connectivity index (χ0) is 19.6. The first-order valence-corrected chi connectivity index (χ1v) is 8.69. The molecule has 0 unspecified atom stereocenters. The molecule has 3 aromatic rings. The molecule has 0 saturated heterocycles. The number of methoxy groups -OCH3 is 1. The van der Waals surface area contributed by atoms with Gasteiger partial charge in [0.2, 0.25) is 5.91 Å². The highest BCUT2D eigenvalue weighted by atomic mass is 35.5. The largest absolute Gasteiger partial charge is 0.495 e. The number of anilines is 1. The number of halogens is 1. The van der Waals surface area contributed by atoms with Crippen molar-refractivity contribution in [1.29, 1.82) is 0 Å². The van der Waals surface area contributed by atoms with Crippen molar-refractivity contribution in [3.8, 4) is 5.75 Å². The van der Waals surface area contributed by atoms with Crippen molar-refractivity contribution in [2.24, 2.45) is 0 Å². The van der Waals surface area contributed by atoms with E-state index in [9.17, 15) is 14.4 Å². The standard InChI is InChI=1S/C19H18ClN3O4/c1-3-22-15-7-5-4-6-13(15)18(25)23(19(22)26)11-17(24)21-14-10-12(20)8-9-16(14)27-2/h4-10H,3,11H2,1-2H3,(H,21,24). The summed E-state index contributed by atoms with van der Waals surface area (Å²) in [5, 5.41) is 3.43. The van der Waals surface area contributed by atoms with Crippen LogP contribution in [0, 0.1) is 0 Å². The third-order valence-electron chi connectivity index (χ3n) is 4.19. The molecule has 8 heteroatoms. The van der Waals surface area contributed by atoms with E-state index >= 15 is 0 Å². The lowest BCUT2D eigenvalue weighted by Crippen LogP contribution is -2.42. The molecule has 0 atom stereocenters. The number of hydrogen-bond donors (Lipinski definition) is 1. The van der Waals surface area contributed by atoms with E-state index in [2.05, 4.69) is 5.32 Å². The zero-order valence-corrected chi connectivity index (χ0v) is 15.6. The van der Waals surface area contributed by atoms with E-state index in [4.69, 9.17) is 16.3 Å². The Labute approximate surface area is 159 Å². The number of hydrogen-bond acceptors (Lipinski definition) is 4. The number of benzene rings is 2. The number of carbonyl (C=O) groups excluding carboxylic acids is 1. The van der Waals surface area contributed by atoms with Crippen LogP contribution in [0.25, 0.3) is 10.9 Å². The Morgan fingerprint density at radius 2 is 1.89 bits per heavy atom. The number of nitrogens with one attached hydrogen (secondary N) is 1. The Morgan fingerprint density at radius 3 is 2.59 bits per heavy atom. The minimum atomic E-state index is -0.535. The first kappa shape index (κ1) is 18.7. The van der Waals surface area contributed by atoms with E-state index in [1.54, 1.807) is 43.3 Å². The predicted octanol–water partition coefficient (Wildman–Crippen LogP) is 2.48. The summed E-state index contributed by atoms with van der Waals surface area (Å²) in [5.74, 6) is -0.114. The Hall–Kier alpha value is -3.06. The van der Waals surface area contributed by atoms with Gasteiger partial charge in [0.1, 0.15) is 12.3 Å². The monoisotopic (exact) mass is 387 g/mol. The molecule has 1 aromatic heterocycles.